The van der Waals surface area contributed by atoms with E-state index in [0.717, 1.165) is 0 Å². The Kier molecular flexibility index (Phi) is 3.30. The van der Waals surface area contributed by atoms with Gasteiger partial charge in [0.15, 0.2) is 0 Å². The minimum absolute atomic E-state index is 0.0969. The zero-order valence-corrected chi connectivity index (χ0v) is 10.0. The summed E-state index contributed by atoms with van der Waals surface area (Å²) in [4.78, 5) is 23.7. The van der Waals surface area contributed by atoms with E-state index in [9.17, 15) is 19.8 Å². The van der Waals surface area contributed by atoms with Crippen molar-refractivity contribution in [3.05, 3.63) is 41.0 Å². The fourth-order valence-corrected chi connectivity index (χ4v) is 2.00. The third kappa shape index (κ3) is 2.07. The van der Waals surface area contributed by atoms with E-state index in [4.69, 9.17) is 0 Å². The molecule has 0 amide bonds. The number of rotatable bonds is 3. The quantitative estimate of drug-likeness (QED) is 0.798. The lowest BCUT2D eigenvalue weighted by atomic mass is 9.86. The van der Waals surface area contributed by atoms with Gasteiger partial charge in [-0.2, -0.15) is 0 Å². The first-order chi connectivity index (χ1) is 8.52. The molecular weight excluding hydrogens is 232 g/mol. The van der Waals surface area contributed by atoms with Gasteiger partial charge in [-0.1, -0.05) is 24.3 Å². The van der Waals surface area contributed by atoms with Crippen LogP contribution in [0.4, 0.5) is 0 Å². The predicted molar refractivity (Wildman–Crippen MR) is 66.2 cm³/mol. The number of fused-ring (bicyclic) bond motifs is 1. The Bertz CT molecular complexity index is 540. The van der Waals surface area contributed by atoms with Gasteiger partial charge in [0, 0.05) is 16.7 Å². The van der Waals surface area contributed by atoms with Crippen LogP contribution in [-0.4, -0.2) is 27.9 Å². The minimum atomic E-state index is -0.674. The second-order valence-electron chi connectivity index (χ2n) is 4.42. The Balaban J connectivity index is 2.45. The second kappa shape index (κ2) is 4.74. The van der Waals surface area contributed by atoms with Gasteiger partial charge >= 0.3 is 0 Å². The van der Waals surface area contributed by atoms with Crippen LogP contribution in [0.5, 0.6) is 0 Å². The topological polar surface area (TPSA) is 74.6 Å². The van der Waals surface area contributed by atoms with Crippen LogP contribution in [0.25, 0.3) is 5.76 Å². The van der Waals surface area contributed by atoms with Crippen LogP contribution in [0.3, 0.4) is 0 Å². The Hall–Kier alpha value is -1.94. The molecule has 0 aromatic heterocycles. The van der Waals surface area contributed by atoms with E-state index >= 15 is 0 Å². The Morgan fingerprint density at radius 2 is 1.72 bits per heavy atom. The molecule has 0 radical (unpaired) electrons. The molecule has 2 N–H and O–H groups in total. The molecule has 0 spiro atoms. The van der Waals surface area contributed by atoms with Gasteiger partial charge in [0.05, 0.1) is 6.10 Å². The van der Waals surface area contributed by atoms with Crippen LogP contribution >= 0.6 is 0 Å². The van der Waals surface area contributed by atoms with E-state index in [1.54, 1.807) is 25.1 Å². The molecule has 1 aromatic carbocycles. The highest BCUT2D eigenvalue weighted by Gasteiger charge is 2.32. The standard InChI is InChI=1S/C14H14O4/c1-8(15)6-7-11-12(16)9-4-2-3-5-10(9)13(17)14(11)18/h2-5,8,15-16H,6-7H2,1H3. The lowest BCUT2D eigenvalue weighted by molar-refractivity contribution is -0.112. The number of aliphatic hydroxyl groups is 2. The molecule has 0 saturated carbocycles. The van der Waals surface area contributed by atoms with Crippen LogP contribution in [0.2, 0.25) is 0 Å². The summed E-state index contributed by atoms with van der Waals surface area (Å²) in [6, 6.07) is 6.48. The van der Waals surface area contributed by atoms with Gasteiger partial charge in [-0.25, -0.2) is 0 Å². The summed E-state index contributed by atoms with van der Waals surface area (Å²) in [5.74, 6) is -1.41. The summed E-state index contributed by atoms with van der Waals surface area (Å²) >= 11 is 0. The zero-order chi connectivity index (χ0) is 13.3. The van der Waals surface area contributed by atoms with E-state index in [0.29, 0.717) is 12.0 Å². The van der Waals surface area contributed by atoms with Gasteiger partial charge < -0.3 is 10.2 Å². The maximum absolute atomic E-state index is 11.9. The molecule has 94 valence electrons. The lowest BCUT2D eigenvalue weighted by Crippen LogP contribution is -2.24. The van der Waals surface area contributed by atoms with Crippen molar-refractivity contribution in [3.63, 3.8) is 0 Å². The van der Waals surface area contributed by atoms with E-state index < -0.39 is 17.7 Å². The van der Waals surface area contributed by atoms with Gasteiger partial charge in [0.1, 0.15) is 5.76 Å². The molecule has 4 nitrogen and oxygen atoms in total. The van der Waals surface area contributed by atoms with Gasteiger partial charge in [0.2, 0.25) is 11.6 Å². The largest absolute Gasteiger partial charge is 0.507 e. The van der Waals surface area contributed by atoms with Crippen molar-refractivity contribution in [1.29, 1.82) is 0 Å². The van der Waals surface area contributed by atoms with Crippen molar-refractivity contribution in [2.24, 2.45) is 0 Å². The van der Waals surface area contributed by atoms with Crippen LogP contribution in [0.15, 0.2) is 29.8 Å². The van der Waals surface area contributed by atoms with Crippen molar-refractivity contribution in [2.75, 3.05) is 0 Å². The molecule has 18 heavy (non-hydrogen) atoms. The molecule has 4 heteroatoms. The molecule has 0 bridgehead atoms. The number of benzene rings is 1. The molecule has 0 heterocycles. The van der Waals surface area contributed by atoms with E-state index in [1.807, 2.05) is 0 Å². The Morgan fingerprint density at radius 3 is 2.33 bits per heavy atom. The fourth-order valence-electron chi connectivity index (χ4n) is 2.00. The van der Waals surface area contributed by atoms with Gasteiger partial charge in [0.25, 0.3) is 0 Å². The van der Waals surface area contributed by atoms with Crippen molar-refractivity contribution >= 4 is 17.3 Å². The molecule has 0 saturated heterocycles. The SMILES string of the molecule is CC(O)CCC1=C(O)c2ccccc2C(=O)C1=O. The number of carbonyl (C=O) groups is 2. The van der Waals surface area contributed by atoms with Crippen LogP contribution in [-0.2, 0) is 4.79 Å². The molecule has 1 atom stereocenters. The molecule has 2 rings (SSSR count). The molecule has 0 fully saturated rings. The van der Waals surface area contributed by atoms with Crippen molar-refractivity contribution in [2.45, 2.75) is 25.9 Å². The lowest BCUT2D eigenvalue weighted by Gasteiger charge is -2.17. The van der Waals surface area contributed by atoms with Crippen LogP contribution in [0.1, 0.15) is 35.7 Å². The summed E-state index contributed by atoms with van der Waals surface area (Å²) in [5.41, 5.74) is 0.725. The summed E-state index contributed by atoms with van der Waals surface area (Å²) in [6.07, 6.45) is -0.0476. The average molecular weight is 246 g/mol. The maximum Gasteiger partial charge on any atom is 0.234 e. The third-order valence-corrected chi connectivity index (χ3v) is 3.01. The number of Topliss-reactive ketones (excluding diaryl/α,β-unsaturated/α-hetero) is 2. The Labute approximate surface area is 105 Å². The first-order valence-electron chi connectivity index (χ1n) is 5.81. The van der Waals surface area contributed by atoms with Gasteiger partial charge in [-0.15, -0.1) is 0 Å². The normalized spacial score (nSPS) is 16.8. The summed E-state index contributed by atoms with van der Waals surface area (Å²) in [5, 5.41) is 19.3. The number of aliphatic hydroxyl groups excluding tert-OH is 2. The number of allylic oxidation sites excluding steroid dienone is 1. The first-order valence-corrected chi connectivity index (χ1v) is 5.81. The van der Waals surface area contributed by atoms with Crippen LogP contribution in [0, 0.1) is 0 Å². The highest BCUT2D eigenvalue weighted by Crippen LogP contribution is 2.29. The number of carbonyl (C=O) groups excluding carboxylic acids is 2. The molecular formula is C14H14O4. The highest BCUT2D eigenvalue weighted by atomic mass is 16.3. The summed E-state index contributed by atoms with van der Waals surface area (Å²) in [6.45, 7) is 1.60. The summed E-state index contributed by atoms with van der Waals surface area (Å²) < 4.78 is 0. The van der Waals surface area contributed by atoms with E-state index in [2.05, 4.69) is 0 Å². The number of hydrogen-bond donors (Lipinski definition) is 2. The fraction of sp³-hybridized carbons (Fsp3) is 0.286. The van der Waals surface area contributed by atoms with Gasteiger partial charge in [-0.3, -0.25) is 9.59 Å². The highest BCUT2D eigenvalue weighted by molar-refractivity contribution is 6.52. The maximum atomic E-state index is 11.9. The molecule has 1 aromatic rings. The Morgan fingerprint density at radius 1 is 1.11 bits per heavy atom. The third-order valence-electron chi connectivity index (χ3n) is 3.01. The monoisotopic (exact) mass is 246 g/mol. The van der Waals surface area contributed by atoms with E-state index in [-0.39, 0.29) is 23.3 Å². The summed E-state index contributed by atoms with van der Waals surface area (Å²) in [7, 11) is 0. The molecule has 0 aliphatic heterocycles. The van der Waals surface area contributed by atoms with Gasteiger partial charge in [-0.05, 0) is 19.8 Å². The van der Waals surface area contributed by atoms with Crippen molar-refractivity contribution < 1.29 is 19.8 Å². The molecule has 1 aliphatic rings. The predicted octanol–water partition coefficient (Wildman–Crippen LogP) is 1.88. The average Bonchev–Trinajstić information content (AvgIpc) is 2.36. The molecule has 1 unspecified atom stereocenters. The zero-order valence-electron chi connectivity index (χ0n) is 10.0. The van der Waals surface area contributed by atoms with Crippen molar-refractivity contribution in [3.8, 4) is 0 Å². The number of hydrogen-bond acceptors (Lipinski definition) is 4. The second-order valence-corrected chi connectivity index (χ2v) is 4.42. The van der Waals surface area contributed by atoms with Crippen molar-refractivity contribution in [1.82, 2.24) is 0 Å². The smallest absolute Gasteiger partial charge is 0.234 e. The minimum Gasteiger partial charge on any atom is -0.507 e. The van der Waals surface area contributed by atoms with Crippen LogP contribution < -0.4 is 0 Å². The van der Waals surface area contributed by atoms with E-state index in [1.165, 1.54) is 6.07 Å². The molecule has 1 aliphatic carbocycles. The first kappa shape index (κ1) is 12.5. The number of ketones is 2.